The molecule has 5 heteroatoms. The van der Waals surface area contributed by atoms with E-state index in [1.165, 1.54) is 54.9 Å². The number of hydrogen-bond acceptors (Lipinski definition) is 4. The molecule has 1 saturated heterocycles. The van der Waals surface area contributed by atoms with Crippen molar-refractivity contribution in [3.05, 3.63) is 59.4 Å². The molecule has 2 aromatic rings. The van der Waals surface area contributed by atoms with Crippen LogP contribution in [0.1, 0.15) is 53.9 Å². The van der Waals surface area contributed by atoms with E-state index in [1.807, 2.05) is 0 Å². The molecule has 0 radical (unpaired) electrons. The number of likely N-dealkylation sites (N-methyl/N-ethyl adjacent to an activating group) is 1. The van der Waals surface area contributed by atoms with Gasteiger partial charge in [-0.1, -0.05) is 12.1 Å². The first kappa shape index (κ1) is 19.3. The normalized spacial score (nSPS) is 25.5. The zero-order valence-corrected chi connectivity index (χ0v) is 18.2. The van der Waals surface area contributed by atoms with E-state index in [9.17, 15) is 9.18 Å². The smallest absolute Gasteiger partial charge is 0.162 e. The first-order valence-electron chi connectivity index (χ1n) is 11.7. The third kappa shape index (κ3) is 3.08. The number of nitrogens with zero attached hydrogens (tertiary/aromatic N) is 3. The average molecular weight is 420 g/mol. The Balaban J connectivity index is 1.13. The number of para-hydroxylation sites is 1. The van der Waals surface area contributed by atoms with Crippen molar-refractivity contribution in [3.8, 4) is 0 Å². The second-order valence-electron chi connectivity index (χ2n) is 9.92. The summed E-state index contributed by atoms with van der Waals surface area (Å²) >= 11 is 0. The molecule has 1 spiro atoms. The molecule has 0 aromatic heterocycles. The van der Waals surface area contributed by atoms with Crippen LogP contribution in [-0.4, -0.2) is 55.5 Å². The van der Waals surface area contributed by atoms with Gasteiger partial charge in [0.1, 0.15) is 5.82 Å². The Hall–Kier alpha value is -2.40. The largest absolute Gasteiger partial charge is 0.365 e. The summed E-state index contributed by atoms with van der Waals surface area (Å²) in [6.07, 6.45) is 5.21. The molecule has 2 unspecified atom stereocenters. The molecule has 1 saturated carbocycles. The maximum absolute atomic E-state index is 13.1. The van der Waals surface area contributed by atoms with Gasteiger partial charge in [0.2, 0.25) is 0 Å². The van der Waals surface area contributed by atoms with Gasteiger partial charge in [-0.05, 0) is 68.1 Å². The van der Waals surface area contributed by atoms with Crippen LogP contribution in [0.3, 0.4) is 0 Å². The van der Waals surface area contributed by atoms with Gasteiger partial charge in [-0.2, -0.15) is 0 Å². The van der Waals surface area contributed by atoms with Crippen molar-refractivity contribution >= 4 is 17.2 Å². The molecule has 3 heterocycles. The molecule has 2 aromatic carbocycles. The first-order valence-corrected chi connectivity index (χ1v) is 11.7. The van der Waals surface area contributed by atoms with Crippen molar-refractivity contribution in [1.29, 1.82) is 0 Å². The molecule has 31 heavy (non-hydrogen) atoms. The monoisotopic (exact) mass is 419 g/mol. The van der Waals surface area contributed by atoms with Crippen LogP contribution in [0.15, 0.2) is 42.5 Å². The Bertz CT molecular complexity index is 1020. The van der Waals surface area contributed by atoms with Crippen LogP contribution in [0.2, 0.25) is 0 Å². The first-order chi connectivity index (χ1) is 15.1. The predicted octanol–water partition coefficient (Wildman–Crippen LogP) is 4.45. The highest BCUT2D eigenvalue weighted by Gasteiger charge is 2.56. The summed E-state index contributed by atoms with van der Waals surface area (Å²) in [6, 6.07) is 13.4. The number of hydrogen-bond donors (Lipinski definition) is 0. The number of fused-ring (bicyclic) bond motifs is 3. The van der Waals surface area contributed by atoms with Crippen molar-refractivity contribution in [1.82, 2.24) is 4.90 Å². The molecule has 0 bridgehead atoms. The molecule has 6 rings (SSSR count). The van der Waals surface area contributed by atoms with E-state index in [4.69, 9.17) is 0 Å². The van der Waals surface area contributed by atoms with Gasteiger partial charge in [-0.25, -0.2) is 4.39 Å². The number of likely N-dealkylation sites (tertiary alicyclic amines) is 1. The fraction of sp³-hybridized carbons (Fsp3) is 0.500. The van der Waals surface area contributed by atoms with Crippen molar-refractivity contribution in [2.24, 2.45) is 0 Å². The third-order valence-corrected chi connectivity index (χ3v) is 8.20. The number of halogens is 1. The summed E-state index contributed by atoms with van der Waals surface area (Å²) in [5.41, 5.74) is 5.43. The van der Waals surface area contributed by atoms with E-state index in [0.29, 0.717) is 29.5 Å². The molecule has 2 atom stereocenters. The van der Waals surface area contributed by atoms with E-state index in [2.05, 4.69) is 39.9 Å². The van der Waals surface area contributed by atoms with E-state index < -0.39 is 0 Å². The minimum Gasteiger partial charge on any atom is -0.365 e. The molecule has 4 nitrogen and oxygen atoms in total. The van der Waals surface area contributed by atoms with Crippen LogP contribution >= 0.6 is 0 Å². The maximum atomic E-state index is 13.1. The summed E-state index contributed by atoms with van der Waals surface area (Å²) in [4.78, 5) is 20.3. The highest BCUT2D eigenvalue weighted by atomic mass is 19.1. The molecular formula is C26H30FN3O. The lowest BCUT2D eigenvalue weighted by atomic mass is 9.89. The van der Waals surface area contributed by atoms with Crippen LogP contribution < -0.4 is 9.80 Å². The van der Waals surface area contributed by atoms with E-state index >= 15 is 0 Å². The number of anilines is 2. The molecule has 0 amide bonds. The van der Waals surface area contributed by atoms with Crippen LogP contribution in [0.25, 0.3) is 0 Å². The van der Waals surface area contributed by atoms with E-state index in [1.54, 1.807) is 12.1 Å². The summed E-state index contributed by atoms with van der Waals surface area (Å²) in [5.74, 6) is 0.385. The number of piperidine rings is 1. The lowest BCUT2D eigenvalue weighted by molar-refractivity contribution is 0.0971. The summed E-state index contributed by atoms with van der Waals surface area (Å²) < 4.78 is 13.1. The molecular weight excluding hydrogens is 389 g/mol. The van der Waals surface area contributed by atoms with Gasteiger partial charge in [-0.15, -0.1) is 0 Å². The van der Waals surface area contributed by atoms with E-state index in [-0.39, 0.29) is 11.6 Å². The zero-order valence-electron chi connectivity index (χ0n) is 18.2. The fourth-order valence-electron chi connectivity index (χ4n) is 6.24. The zero-order chi connectivity index (χ0) is 21.2. The number of carbonyl (C=O) groups excluding carboxylic acids is 1. The van der Waals surface area contributed by atoms with Gasteiger partial charge in [0.15, 0.2) is 5.78 Å². The molecule has 3 aliphatic heterocycles. The van der Waals surface area contributed by atoms with Gasteiger partial charge in [0, 0.05) is 50.6 Å². The molecule has 0 N–H and O–H groups in total. The number of Topliss-reactive ketones (excluding diaryl/α,β-unsaturated/α-hetero) is 1. The Morgan fingerprint density at radius 1 is 1.16 bits per heavy atom. The lowest BCUT2D eigenvalue weighted by Gasteiger charge is -2.46. The molecule has 4 aliphatic rings. The third-order valence-electron chi connectivity index (χ3n) is 8.20. The number of rotatable bonds is 5. The standard InChI is InChI=1S/C26H30FN3O/c1-28-23-5-2-4-20-21-16-29(14-3-6-24(31)18-7-9-19(27)10-8-18)15-11-22(21)30(25(20)23)17-26(28)12-13-26/h2,4-5,7-10,21-22H,3,6,11-17H2,1H3. The maximum Gasteiger partial charge on any atom is 0.162 e. The lowest BCUT2D eigenvalue weighted by Crippen LogP contribution is -2.54. The number of carbonyl (C=O) groups is 1. The van der Waals surface area contributed by atoms with Crippen molar-refractivity contribution in [3.63, 3.8) is 0 Å². The average Bonchev–Trinajstić information content (AvgIpc) is 3.50. The SMILES string of the molecule is CN1c2cccc3c2N(CC12CC2)C1CCN(CCCC(=O)c2ccc(F)cc2)CC31. The highest BCUT2D eigenvalue weighted by Crippen LogP contribution is 2.57. The summed E-state index contributed by atoms with van der Waals surface area (Å²) in [5, 5.41) is 0. The Labute approximate surface area is 183 Å². The quantitative estimate of drug-likeness (QED) is 0.669. The minimum atomic E-state index is -0.295. The van der Waals surface area contributed by atoms with Crippen LogP contribution in [0, 0.1) is 5.82 Å². The van der Waals surface area contributed by atoms with Crippen LogP contribution in [-0.2, 0) is 0 Å². The Kier molecular flexibility index (Phi) is 4.39. The number of ketones is 1. The second-order valence-corrected chi connectivity index (χ2v) is 9.92. The molecule has 1 aliphatic carbocycles. The van der Waals surface area contributed by atoms with E-state index in [0.717, 1.165) is 26.1 Å². The summed E-state index contributed by atoms with van der Waals surface area (Å²) in [6.45, 7) is 4.32. The minimum absolute atomic E-state index is 0.112. The second kappa shape index (κ2) is 7.06. The van der Waals surface area contributed by atoms with Gasteiger partial charge < -0.3 is 14.7 Å². The topological polar surface area (TPSA) is 26.8 Å². The van der Waals surface area contributed by atoms with Crippen molar-refractivity contribution in [2.75, 3.05) is 43.0 Å². The van der Waals surface area contributed by atoms with Crippen molar-refractivity contribution < 1.29 is 9.18 Å². The van der Waals surface area contributed by atoms with Gasteiger partial charge in [0.05, 0.1) is 16.9 Å². The Morgan fingerprint density at radius 3 is 2.74 bits per heavy atom. The van der Waals surface area contributed by atoms with Gasteiger partial charge >= 0.3 is 0 Å². The fourth-order valence-corrected chi connectivity index (χ4v) is 6.24. The van der Waals surface area contributed by atoms with Gasteiger partial charge in [0.25, 0.3) is 0 Å². The molecule has 162 valence electrons. The Morgan fingerprint density at radius 2 is 1.97 bits per heavy atom. The van der Waals surface area contributed by atoms with Crippen LogP contribution in [0.5, 0.6) is 0 Å². The van der Waals surface area contributed by atoms with Crippen LogP contribution in [0.4, 0.5) is 15.8 Å². The van der Waals surface area contributed by atoms with Gasteiger partial charge in [-0.3, -0.25) is 4.79 Å². The summed E-state index contributed by atoms with van der Waals surface area (Å²) in [7, 11) is 2.28. The highest BCUT2D eigenvalue weighted by molar-refractivity contribution is 5.96. The predicted molar refractivity (Wildman–Crippen MR) is 122 cm³/mol. The molecule has 2 fully saturated rings. The number of benzene rings is 2. The van der Waals surface area contributed by atoms with Crippen molar-refractivity contribution in [2.45, 2.75) is 49.6 Å².